The van der Waals surface area contributed by atoms with Gasteiger partial charge in [-0.3, -0.25) is 0 Å². The molecule has 0 spiro atoms. The highest BCUT2D eigenvalue weighted by molar-refractivity contribution is 8.00. The Morgan fingerprint density at radius 2 is 2.24 bits per heavy atom. The first kappa shape index (κ1) is 14.6. The van der Waals surface area contributed by atoms with E-state index in [-0.39, 0.29) is 12.1 Å². The molecule has 0 aliphatic carbocycles. The zero-order valence-electron chi connectivity index (χ0n) is 10.7. The molecule has 5 heteroatoms. The lowest BCUT2D eigenvalue weighted by atomic mass is 10.1. The molecule has 0 bridgehead atoms. The predicted octanol–water partition coefficient (Wildman–Crippen LogP) is 1.59. The van der Waals surface area contributed by atoms with Crippen molar-refractivity contribution in [1.82, 2.24) is 10.6 Å². The summed E-state index contributed by atoms with van der Waals surface area (Å²) in [5.74, 6) is 1.53. The van der Waals surface area contributed by atoms with E-state index in [1.807, 2.05) is 18.7 Å². The molecular formula is C12H24N2O2S. The fourth-order valence-corrected chi connectivity index (χ4v) is 3.21. The summed E-state index contributed by atoms with van der Waals surface area (Å²) >= 11 is 1.94. The molecule has 1 heterocycles. The maximum absolute atomic E-state index is 11.5. The molecule has 1 aliphatic rings. The van der Waals surface area contributed by atoms with Crippen molar-refractivity contribution in [3.8, 4) is 0 Å². The maximum Gasteiger partial charge on any atom is 0.314 e. The van der Waals surface area contributed by atoms with E-state index in [1.165, 1.54) is 18.6 Å². The van der Waals surface area contributed by atoms with Gasteiger partial charge in [0, 0.05) is 18.3 Å². The number of rotatable bonds is 6. The number of hydrogen-bond acceptors (Lipinski definition) is 3. The van der Waals surface area contributed by atoms with Gasteiger partial charge in [0.15, 0.2) is 0 Å². The van der Waals surface area contributed by atoms with Gasteiger partial charge >= 0.3 is 6.03 Å². The van der Waals surface area contributed by atoms with Gasteiger partial charge < -0.3 is 15.7 Å². The second-order valence-electron chi connectivity index (χ2n) is 4.92. The number of aliphatic hydroxyl groups is 1. The summed E-state index contributed by atoms with van der Waals surface area (Å²) in [5, 5.41) is 15.5. The minimum atomic E-state index is -0.301. The smallest absolute Gasteiger partial charge is 0.314 e. The van der Waals surface area contributed by atoms with E-state index in [0.29, 0.717) is 17.7 Å². The third kappa shape index (κ3) is 6.78. The van der Waals surface area contributed by atoms with Crippen LogP contribution >= 0.6 is 11.8 Å². The largest absolute Gasteiger partial charge is 0.393 e. The number of hydrogen-bond donors (Lipinski definition) is 3. The molecule has 3 unspecified atom stereocenters. The van der Waals surface area contributed by atoms with Crippen molar-refractivity contribution in [2.45, 2.75) is 44.5 Å². The molecule has 100 valence electrons. The summed E-state index contributed by atoms with van der Waals surface area (Å²) in [6.07, 6.45) is 2.90. The molecule has 2 amide bonds. The highest BCUT2D eigenvalue weighted by atomic mass is 32.2. The number of carbonyl (C=O) groups is 1. The van der Waals surface area contributed by atoms with Gasteiger partial charge in [0.25, 0.3) is 0 Å². The van der Waals surface area contributed by atoms with Gasteiger partial charge in [-0.2, -0.15) is 11.8 Å². The summed E-state index contributed by atoms with van der Waals surface area (Å²) in [6, 6.07) is -0.0880. The van der Waals surface area contributed by atoms with E-state index in [4.69, 9.17) is 0 Å². The highest BCUT2D eigenvalue weighted by Gasteiger charge is 2.16. The summed E-state index contributed by atoms with van der Waals surface area (Å²) < 4.78 is 0. The average Bonchev–Trinajstić information content (AvgIpc) is 2.75. The van der Waals surface area contributed by atoms with E-state index >= 15 is 0 Å². The fraction of sp³-hybridized carbons (Fsp3) is 0.917. The maximum atomic E-state index is 11.5. The Balaban J connectivity index is 2.04. The highest BCUT2D eigenvalue weighted by Crippen LogP contribution is 2.25. The average molecular weight is 260 g/mol. The number of nitrogens with one attached hydrogen (secondary N) is 2. The fourth-order valence-electron chi connectivity index (χ4n) is 2.01. The molecule has 1 saturated heterocycles. The molecule has 0 aromatic carbocycles. The van der Waals surface area contributed by atoms with Crippen molar-refractivity contribution in [1.29, 1.82) is 0 Å². The number of thioether (sulfide) groups is 1. The van der Waals surface area contributed by atoms with E-state index in [9.17, 15) is 9.90 Å². The van der Waals surface area contributed by atoms with Gasteiger partial charge in [0.1, 0.15) is 0 Å². The first-order valence-corrected chi connectivity index (χ1v) is 7.44. The molecule has 3 N–H and O–H groups in total. The molecular weight excluding hydrogens is 236 g/mol. The normalized spacial score (nSPS) is 23.1. The zero-order chi connectivity index (χ0) is 12.7. The minimum Gasteiger partial charge on any atom is -0.393 e. The molecule has 0 aromatic heterocycles. The van der Waals surface area contributed by atoms with Crippen LogP contribution in [0.15, 0.2) is 0 Å². The summed E-state index contributed by atoms with van der Waals surface area (Å²) in [7, 11) is 0. The van der Waals surface area contributed by atoms with E-state index in [2.05, 4.69) is 10.6 Å². The topological polar surface area (TPSA) is 61.4 Å². The van der Waals surface area contributed by atoms with Crippen LogP contribution in [0.2, 0.25) is 0 Å². The van der Waals surface area contributed by atoms with Crippen LogP contribution in [0.5, 0.6) is 0 Å². The number of aliphatic hydroxyl groups excluding tert-OH is 1. The van der Waals surface area contributed by atoms with Crippen molar-refractivity contribution in [3.63, 3.8) is 0 Å². The first-order valence-electron chi connectivity index (χ1n) is 6.39. The standard InChI is InChI=1S/C12H24N2O2S/c1-9(6-10(2)15)7-13-12(16)14-8-11-4-3-5-17-11/h9-11,15H,3-8H2,1-2H3,(H2,13,14,16). The van der Waals surface area contributed by atoms with Crippen LogP contribution in [0.4, 0.5) is 4.79 Å². The van der Waals surface area contributed by atoms with Crippen LogP contribution in [0.25, 0.3) is 0 Å². The zero-order valence-corrected chi connectivity index (χ0v) is 11.6. The van der Waals surface area contributed by atoms with E-state index in [1.54, 1.807) is 6.92 Å². The Bertz CT molecular complexity index is 231. The van der Waals surface area contributed by atoms with Crippen LogP contribution in [0.3, 0.4) is 0 Å². The second kappa shape index (κ2) is 7.82. The third-order valence-corrected chi connectivity index (χ3v) is 4.27. The van der Waals surface area contributed by atoms with Gasteiger partial charge in [-0.05, 0) is 37.9 Å². The Kier molecular flexibility index (Phi) is 6.73. The minimum absolute atomic E-state index is 0.0880. The molecule has 0 radical (unpaired) electrons. The number of urea groups is 1. The molecule has 4 nitrogen and oxygen atoms in total. The molecule has 0 saturated carbocycles. The lowest BCUT2D eigenvalue weighted by Gasteiger charge is -2.15. The lowest BCUT2D eigenvalue weighted by Crippen LogP contribution is -2.40. The summed E-state index contributed by atoms with van der Waals surface area (Å²) in [4.78, 5) is 11.5. The van der Waals surface area contributed by atoms with Crippen molar-refractivity contribution in [2.75, 3.05) is 18.8 Å². The van der Waals surface area contributed by atoms with Gasteiger partial charge in [0.2, 0.25) is 0 Å². The van der Waals surface area contributed by atoms with Crippen molar-refractivity contribution < 1.29 is 9.90 Å². The van der Waals surface area contributed by atoms with Crippen LogP contribution in [0, 0.1) is 5.92 Å². The van der Waals surface area contributed by atoms with E-state index < -0.39 is 0 Å². The number of carbonyl (C=O) groups excluding carboxylic acids is 1. The van der Waals surface area contributed by atoms with Crippen LogP contribution < -0.4 is 10.6 Å². The Labute approximate surface area is 108 Å². The van der Waals surface area contributed by atoms with Gasteiger partial charge in [0.05, 0.1) is 6.10 Å². The van der Waals surface area contributed by atoms with Crippen molar-refractivity contribution >= 4 is 17.8 Å². The summed E-state index contributed by atoms with van der Waals surface area (Å²) in [6.45, 7) is 5.18. The van der Waals surface area contributed by atoms with Gasteiger partial charge in [-0.25, -0.2) is 4.79 Å². The quantitative estimate of drug-likeness (QED) is 0.679. The van der Waals surface area contributed by atoms with Crippen LogP contribution in [-0.4, -0.2) is 41.3 Å². The molecule has 0 aromatic rings. The SMILES string of the molecule is CC(O)CC(C)CNC(=O)NCC1CCCS1. The van der Waals surface area contributed by atoms with Gasteiger partial charge in [-0.15, -0.1) is 0 Å². The van der Waals surface area contributed by atoms with Crippen molar-refractivity contribution in [3.05, 3.63) is 0 Å². The van der Waals surface area contributed by atoms with Crippen molar-refractivity contribution in [2.24, 2.45) is 5.92 Å². The summed E-state index contributed by atoms with van der Waals surface area (Å²) in [5.41, 5.74) is 0. The van der Waals surface area contributed by atoms with Crippen LogP contribution in [-0.2, 0) is 0 Å². The molecule has 17 heavy (non-hydrogen) atoms. The number of amides is 2. The van der Waals surface area contributed by atoms with Gasteiger partial charge in [-0.1, -0.05) is 6.92 Å². The van der Waals surface area contributed by atoms with Crippen LogP contribution in [0.1, 0.15) is 33.1 Å². The van der Waals surface area contributed by atoms with E-state index in [0.717, 1.165) is 13.0 Å². The monoisotopic (exact) mass is 260 g/mol. The predicted molar refractivity (Wildman–Crippen MR) is 72.3 cm³/mol. The first-order chi connectivity index (χ1) is 8.08. The molecule has 1 aliphatic heterocycles. The second-order valence-corrected chi connectivity index (χ2v) is 6.32. The molecule has 1 rings (SSSR count). The lowest BCUT2D eigenvalue weighted by molar-refractivity contribution is 0.163. The Morgan fingerprint density at radius 1 is 1.47 bits per heavy atom. The Hall–Kier alpha value is -0.420. The molecule has 1 fully saturated rings. The Morgan fingerprint density at radius 3 is 2.82 bits per heavy atom. The third-order valence-electron chi connectivity index (χ3n) is 2.87. The molecule has 3 atom stereocenters.